The maximum atomic E-state index is 6.28. The Kier molecular flexibility index (Phi) is 3.47. The van der Waals surface area contributed by atoms with Crippen LogP contribution < -0.4 is 5.32 Å². The summed E-state index contributed by atoms with van der Waals surface area (Å²) in [6, 6.07) is 11.3. The van der Waals surface area contributed by atoms with E-state index in [0.29, 0.717) is 12.0 Å². The number of rotatable bonds is 1. The van der Waals surface area contributed by atoms with Crippen molar-refractivity contribution in [2.45, 2.75) is 50.8 Å². The summed E-state index contributed by atoms with van der Waals surface area (Å²) in [6.45, 7) is 5.44. The number of nitrogens with one attached hydrogen (secondary N) is 1. The summed E-state index contributed by atoms with van der Waals surface area (Å²) in [4.78, 5) is 0. The van der Waals surface area contributed by atoms with E-state index in [2.05, 4.69) is 61.6 Å². The summed E-state index contributed by atoms with van der Waals surface area (Å²) in [5.41, 5.74) is 4.26. The largest absolute Gasteiger partial charge is 0.373 e. The summed E-state index contributed by atoms with van der Waals surface area (Å²) in [5, 5.41) is 3.97. The second kappa shape index (κ2) is 5.36. The standard InChI is InChI=1S/C20H25NO/c1-14-10-11-20(2)17(13-14)19-16(9-6-12-22-19)18(21-20)15-7-4-3-5-8-15/h3-5,7-8,10,13,16,18-19,21H,6,9,11-12H2,1-2H3. The maximum absolute atomic E-state index is 6.28. The molecule has 1 aromatic rings. The molecule has 1 aliphatic carbocycles. The highest BCUT2D eigenvalue weighted by atomic mass is 16.5. The van der Waals surface area contributed by atoms with Gasteiger partial charge in [0.1, 0.15) is 0 Å². The Morgan fingerprint density at radius 2 is 2.05 bits per heavy atom. The molecule has 2 aliphatic heterocycles. The van der Waals surface area contributed by atoms with Gasteiger partial charge in [0.15, 0.2) is 0 Å². The second-order valence-corrected chi connectivity index (χ2v) is 7.21. The van der Waals surface area contributed by atoms with E-state index in [-0.39, 0.29) is 11.6 Å². The van der Waals surface area contributed by atoms with Crippen LogP contribution in [0.5, 0.6) is 0 Å². The highest BCUT2D eigenvalue weighted by molar-refractivity contribution is 5.41. The normalized spacial score (nSPS) is 37.6. The predicted molar refractivity (Wildman–Crippen MR) is 89.6 cm³/mol. The smallest absolute Gasteiger partial charge is 0.0852 e. The van der Waals surface area contributed by atoms with Gasteiger partial charge in [-0.05, 0) is 44.2 Å². The SMILES string of the molecule is CC1=CCC2(C)NC(c3ccccc3)C3CCCOC3C2=C1. The van der Waals surface area contributed by atoms with Crippen LogP contribution in [0.2, 0.25) is 0 Å². The van der Waals surface area contributed by atoms with Crippen LogP contribution in [0.4, 0.5) is 0 Å². The van der Waals surface area contributed by atoms with E-state index < -0.39 is 0 Å². The lowest BCUT2D eigenvalue weighted by Crippen LogP contribution is -2.60. The first-order valence-electron chi connectivity index (χ1n) is 8.50. The van der Waals surface area contributed by atoms with Gasteiger partial charge in [0.25, 0.3) is 0 Å². The van der Waals surface area contributed by atoms with Crippen molar-refractivity contribution in [2.75, 3.05) is 6.61 Å². The first-order valence-corrected chi connectivity index (χ1v) is 8.50. The molecule has 4 unspecified atom stereocenters. The fourth-order valence-electron chi connectivity index (χ4n) is 4.39. The molecule has 0 amide bonds. The van der Waals surface area contributed by atoms with Crippen molar-refractivity contribution in [3.8, 4) is 0 Å². The van der Waals surface area contributed by atoms with E-state index in [1.807, 2.05) is 0 Å². The minimum Gasteiger partial charge on any atom is -0.373 e. The van der Waals surface area contributed by atoms with Gasteiger partial charge in [0, 0.05) is 24.1 Å². The molecular weight excluding hydrogens is 270 g/mol. The molecule has 1 aromatic carbocycles. The minimum absolute atomic E-state index is 0.0263. The number of piperidine rings is 1. The predicted octanol–water partition coefficient (Wildman–Crippen LogP) is 4.16. The minimum atomic E-state index is 0.0263. The number of hydrogen-bond donors (Lipinski definition) is 1. The van der Waals surface area contributed by atoms with Crippen LogP contribution in [-0.4, -0.2) is 18.2 Å². The quantitative estimate of drug-likeness (QED) is 0.840. The van der Waals surface area contributed by atoms with Crippen LogP contribution in [-0.2, 0) is 4.74 Å². The van der Waals surface area contributed by atoms with Gasteiger partial charge >= 0.3 is 0 Å². The number of fused-ring (bicyclic) bond motifs is 3. The second-order valence-electron chi connectivity index (χ2n) is 7.21. The number of ether oxygens (including phenoxy) is 1. The molecule has 0 aromatic heterocycles. The summed E-state index contributed by atoms with van der Waals surface area (Å²) < 4.78 is 6.28. The van der Waals surface area contributed by atoms with E-state index in [4.69, 9.17) is 4.74 Å². The van der Waals surface area contributed by atoms with Crippen LogP contribution in [0.3, 0.4) is 0 Å². The fraction of sp³-hybridized carbons (Fsp3) is 0.500. The zero-order chi connectivity index (χ0) is 15.2. The van der Waals surface area contributed by atoms with E-state index >= 15 is 0 Å². The Hall–Kier alpha value is -1.38. The first-order chi connectivity index (χ1) is 10.7. The van der Waals surface area contributed by atoms with Crippen molar-refractivity contribution in [1.29, 1.82) is 0 Å². The molecule has 0 radical (unpaired) electrons. The Bertz CT molecular complexity index is 618. The summed E-state index contributed by atoms with van der Waals surface area (Å²) in [7, 11) is 0. The average Bonchev–Trinajstić information content (AvgIpc) is 2.56. The third kappa shape index (κ3) is 2.26. The molecule has 2 saturated heterocycles. The van der Waals surface area contributed by atoms with Gasteiger partial charge in [-0.25, -0.2) is 0 Å². The molecule has 2 heteroatoms. The summed E-state index contributed by atoms with van der Waals surface area (Å²) in [6.07, 6.45) is 8.45. The van der Waals surface area contributed by atoms with E-state index in [1.165, 1.54) is 29.6 Å². The van der Waals surface area contributed by atoms with Gasteiger partial charge in [0.05, 0.1) is 6.10 Å². The molecule has 0 spiro atoms. The fourth-order valence-corrected chi connectivity index (χ4v) is 4.39. The van der Waals surface area contributed by atoms with Crippen molar-refractivity contribution in [2.24, 2.45) is 5.92 Å². The third-order valence-electron chi connectivity index (χ3n) is 5.59. The Morgan fingerprint density at radius 1 is 1.23 bits per heavy atom. The highest BCUT2D eigenvalue weighted by Gasteiger charge is 2.48. The molecule has 116 valence electrons. The van der Waals surface area contributed by atoms with Gasteiger partial charge in [-0.2, -0.15) is 0 Å². The number of hydrogen-bond acceptors (Lipinski definition) is 2. The maximum Gasteiger partial charge on any atom is 0.0852 e. The molecule has 2 nitrogen and oxygen atoms in total. The molecule has 4 rings (SSSR count). The molecular formula is C20H25NO. The Balaban J connectivity index is 1.76. The van der Waals surface area contributed by atoms with Crippen molar-refractivity contribution >= 4 is 0 Å². The third-order valence-corrected chi connectivity index (χ3v) is 5.59. The lowest BCUT2D eigenvalue weighted by Gasteiger charge is -2.53. The zero-order valence-corrected chi connectivity index (χ0v) is 13.5. The molecule has 0 saturated carbocycles. The lowest BCUT2D eigenvalue weighted by molar-refractivity contribution is -0.0464. The molecule has 22 heavy (non-hydrogen) atoms. The van der Waals surface area contributed by atoms with Crippen molar-refractivity contribution in [1.82, 2.24) is 5.32 Å². The zero-order valence-electron chi connectivity index (χ0n) is 13.5. The van der Waals surface area contributed by atoms with Crippen LogP contribution in [0.15, 0.2) is 53.6 Å². The molecule has 0 bridgehead atoms. The Labute approximate surface area is 133 Å². The van der Waals surface area contributed by atoms with Crippen molar-refractivity contribution in [3.63, 3.8) is 0 Å². The number of benzene rings is 1. The van der Waals surface area contributed by atoms with Gasteiger partial charge in [-0.1, -0.05) is 48.1 Å². The topological polar surface area (TPSA) is 21.3 Å². The van der Waals surface area contributed by atoms with E-state index in [9.17, 15) is 0 Å². The van der Waals surface area contributed by atoms with E-state index in [1.54, 1.807) is 0 Å². The molecule has 1 N–H and O–H groups in total. The first kappa shape index (κ1) is 14.2. The average molecular weight is 295 g/mol. The van der Waals surface area contributed by atoms with Gasteiger partial charge < -0.3 is 10.1 Å². The lowest BCUT2D eigenvalue weighted by atomic mass is 9.67. The molecule has 2 fully saturated rings. The summed E-state index contributed by atoms with van der Waals surface area (Å²) >= 11 is 0. The molecule has 2 heterocycles. The van der Waals surface area contributed by atoms with Crippen LogP contribution in [0, 0.1) is 5.92 Å². The van der Waals surface area contributed by atoms with Crippen LogP contribution in [0.1, 0.15) is 44.7 Å². The van der Waals surface area contributed by atoms with Crippen LogP contribution in [0.25, 0.3) is 0 Å². The Morgan fingerprint density at radius 3 is 2.86 bits per heavy atom. The van der Waals surface area contributed by atoms with Crippen LogP contribution >= 0.6 is 0 Å². The number of allylic oxidation sites excluding steroid dienone is 2. The van der Waals surface area contributed by atoms with Gasteiger partial charge in [-0.3, -0.25) is 0 Å². The monoisotopic (exact) mass is 295 g/mol. The van der Waals surface area contributed by atoms with Gasteiger partial charge in [-0.15, -0.1) is 0 Å². The van der Waals surface area contributed by atoms with Crippen molar-refractivity contribution in [3.05, 3.63) is 59.2 Å². The van der Waals surface area contributed by atoms with E-state index in [0.717, 1.165) is 13.0 Å². The van der Waals surface area contributed by atoms with Gasteiger partial charge in [0.2, 0.25) is 0 Å². The van der Waals surface area contributed by atoms with Crippen molar-refractivity contribution < 1.29 is 4.74 Å². The molecule has 3 aliphatic rings. The molecule has 4 atom stereocenters. The summed E-state index contributed by atoms with van der Waals surface area (Å²) in [5.74, 6) is 0.543. The highest BCUT2D eigenvalue weighted by Crippen LogP contribution is 2.47.